The molecule has 1 saturated heterocycles. The Morgan fingerprint density at radius 3 is 2.70 bits per heavy atom. The van der Waals surface area contributed by atoms with Gasteiger partial charge in [0.2, 0.25) is 0 Å². The predicted octanol–water partition coefficient (Wildman–Crippen LogP) is 3.53. The number of hydrogen-bond donors (Lipinski definition) is 2. The van der Waals surface area contributed by atoms with Gasteiger partial charge < -0.3 is 10.6 Å². The number of benzene rings is 2. The summed E-state index contributed by atoms with van der Waals surface area (Å²) in [5.74, 6) is 0.643. The lowest BCUT2D eigenvalue weighted by atomic mass is 10.1. The summed E-state index contributed by atoms with van der Waals surface area (Å²) in [6, 6.07) is 14.4. The van der Waals surface area contributed by atoms with Crippen LogP contribution >= 0.6 is 0 Å². The molecule has 0 aromatic heterocycles. The fourth-order valence-electron chi connectivity index (χ4n) is 3.37. The second-order valence-corrected chi connectivity index (χ2v) is 6.86. The van der Waals surface area contributed by atoms with Gasteiger partial charge in [0.05, 0.1) is 13.1 Å². The molecule has 27 heavy (non-hydrogen) atoms. The number of aliphatic imine (C=N–C) groups is 1. The van der Waals surface area contributed by atoms with Crippen LogP contribution in [-0.2, 0) is 6.54 Å². The molecule has 1 aliphatic heterocycles. The van der Waals surface area contributed by atoms with Crippen LogP contribution in [0.1, 0.15) is 18.9 Å². The van der Waals surface area contributed by atoms with E-state index < -0.39 is 12.7 Å². The number of rotatable bonds is 5. The molecule has 7 heteroatoms. The van der Waals surface area contributed by atoms with E-state index in [0.29, 0.717) is 38.6 Å². The molecule has 2 aromatic carbocycles. The first-order chi connectivity index (χ1) is 12.9. The monoisotopic (exact) mass is 378 g/mol. The highest BCUT2D eigenvalue weighted by Gasteiger charge is 2.34. The number of nitrogens with one attached hydrogen (secondary N) is 2. The van der Waals surface area contributed by atoms with E-state index in [2.05, 4.69) is 46.0 Å². The summed E-state index contributed by atoms with van der Waals surface area (Å²) in [5, 5.41) is 8.80. The summed E-state index contributed by atoms with van der Waals surface area (Å²) in [6.45, 7) is 3.15. The van der Waals surface area contributed by atoms with Crippen molar-refractivity contribution in [1.29, 1.82) is 0 Å². The van der Waals surface area contributed by atoms with E-state index in [9.17, 15) is 13.2 Å². The maximum atomic E-state index is 12.5. The highest BCUT2D eigenvalue weighted by molar-refractivity contribution is 5.83. The molecule has 0 radical (unpaired) electrons. The Morgan fingerprint density at radius 1 is 1.19 bits per heavy atom. The number of guanidine groups is 1. The zero-order valence-corrected chi connectivity index (χ0v) is 15.4. The van der Waals surface area contributed by atoms with Gasteiger partial charge in [-0.05, 0) is 35.7 Å². The Labute approximate surface area is 157 Å². The molecule has 1 unspecified atom stereocenters. The van der Waals surface area contributed by atoms with Crippen LogP contribution in [0.4, 0.5) is 13.2 Å². The quantitative estimate of drug-likeness (QED) is 0.618. The van der Waals surface area contributed by atoms with Crippen molar-refractivity contribution in [3.05, 3.63) is 48.0 Å². The topological polar surface area (TPSA) is 39.7 Å². The van der Waals surface area contributed by atoms with Crippen molar-refractivity contribution in [2.24, 2.45) is 4.99 Å². The largest absolute Gasteiger partial charge is 0.401 e. The van der Waals surface area contributed by atoms with Gasteiger partial charge in [0.15, 0.2) is 5.96 Å². The van der Waals surface area contributed by atoms with Crippen LogP contribution in [-0.4, -0.2) is 49.3 Å². The highest BCUT2D eigenvalue weighted by atomic mass is 19.4. The Kier molecular flexibility index (Phi) is 6.21. The summed E-state index contributed by atoms with van der Waals surface area (Å²) >= 11 is 0. The van der Waals surface area contributed by atoms with Gasteiger partial charge >= 0.3 is 6.18 Å². The molecule has 0 saturated carbocycles. The molecule has 0 aliphatic carbocycles. The maximum absolute atomic E-state index is 12.5. The molecule has 146 valence electrons. The van der Waals surface area contributed by atoms with E-state index in [1.54, 1.807) is 0 Å². The number of likely N-dealkylation sites (tertiary alicyclic amines) is 1. The van der Waals surface area contributed by atoms with Crippen molar-refractivity contribution in [2.45, 2.75) is 32.1 Å². The van der Waals surface area contributed by atoms with Gasteiger partial charge in [0.1, 0.15) is 0 Å². The van der Waals surface area contributed by atoms with Gasteiger partial charge in [-0.1, -0.05) is 36.4 Å². The summed E-state index contributed by atoms with van der Waals surface area (Å²) in [5.41, 5.74) is 1.09. The summed E-state index contributed by atoms with van der Waals surface area (Å²) in [4.78, 5) is 6.04. The van der Waals surface area contributed by atoms with E-state index >= 15 is 0 Å². The van der Waals surface area contributed by atoms with Crippen molar-refractivity contribution >= 4 is 16.7 Å². The first-order valence-electron chi connectivity index (χ1n) is 9.24. The molecule has 4 nitrogen and oxygen atoms in total. The zero-order valence-electron chi connectivity index (χ0n) is 15.4. The molecule has 0 spiro atoms. The van der Waals surface area contributed by atoms with Crippen LogP contribution in [0.2, 0.25) is 0 Å². The molecule has 1 atom stereocenters. The molecule has 0 amide bonds. The SMILES string of the molecule is CCNC(=NCc1ccc2ccccc2c1)NC1CCN(CC(F)(F)F)C1. The molecule has 1 aliphatic rings. The van der Waals surface area contributed by atoms with Crippen molar-refractivity contribution < 1.29 is 13.2 Å². The molecular formula is C20H25F3N4. The van der Waals surface area contributed by atoms with E-state index in [1.165, 1.54) is 15.7 Å². The molecule has 1 heterocycles. The summed E-state index contributed by atoms with van der Waals surface area (Å²) in [7, 11) is 0. The Balaban J connectivity index is 1.61. The number of nitrogens with zero attached hydrogens (tertiary/aromatic N) is 2. The molecule has 3 rings (SSSR count). The van der Waals surface area contributed by atoms with Crippen LogP contribution in [0.3, 0.4) is 0 Å². The fourth-order valence-corrected chi connectivity index (χ4v) is 3.37. The Morgan fingerprint density at radius 2 is 1.96 bits per heavy atom. The number of alkyl halides is 3. The predicted molar refractivity (Wildman–Crippen MR) is 103 cm³/mol. The first kappa shape index (κ1) is 19.5. The minimum Gasteiger partial charge on any atom is -0.357 e. The minimum absolute atomic E-state index is 0.0262. The zero-order chi connectivity index (χ0) is 19.3. The second-order valence-electron chi connectivity index (χ2n) is 6.86. The van der Waals surface area contributed by atoms with Crippen molar-refractivity contribution in [1.82, 2.24) is 15.5 Å². The molecule has 2 aromatic rings. The van der Waals surface area contributed by atoms with Crippen LogP contribution < -0.4 is 10.6 Å². The lowest BCUT2D eigenvalue weighted by Crippen LogP contribution is -2.45. The molecule has 0 bridgehead atoms. The van der Waals surface area contributed by atoms with Gasteiger partial charge in [0, 0.05) is 25.7 Å². The van der Waals surface area contributed by atoms with E-state index in [1.807, 2.05) is 19.1 Å². The van der Waals surface area contributed by atoms with Crippen molar-refractivity contribution in [3.63, 3.8) is 0 Å². The molecule has 2 N–H and O–H groups in total. The standard InChI is InChI=1S/C20H25F3N4/c1-2-24-19(26-18-9-10-27(13-18)14-20(21,22)23)25-12-15-7-8-16-5-3-4-6-17(16)11-15/h3-8,11,18H,2,9-10,12-14H2,1H3,(H2,24,25,26). The summed E-state index contributed by atoms with van der Waals surface area (Å²) in [6.07, 6.45) is -3.47. The number of halogens is 3. The van der Waals surface area contributed by atoms with Crippen LogP contribution in [0.15, 0.2) is 47.5 Å². The third-order valence-electron chi connectivity index (χ3n) is 4.59. The van der Waals surface area contributed by atoms with Gasteiger partial charge in [-0.3, -0.25) is 4.90 Å². The average Bonchev–Trinajstić information content (AvgIpc) is 3.04. The highest BCUT2D eigenvalue weighted by Crippen LogP contribution is 2.20. The van der Waals surface area contributed by atoms with Gasteiger partial charge in [-0.2, -0.15) is 13.2 Å². The maximum Gasteiger partial charge on any atom is 0.401 e. The van der Waals surface area contributed by atoms with Crippen molar-refractivity contribution in [2.75, 3.05) is 26.2 Å². The third kappa shape index (κ3) is 5.85. The third-order valence-corrected chi connectivity index (χ3v) is 4.59. The lowest BCUT2D eigenvalue weighted by Gasteiger charge is -2.19. The van der Waals surface area contributed by atoms with Crippen molar-refractivity contribution in [3.8, 4) is 0 Å². The Hall–Kier alpha value is -2.28. The normalized spacial score (nSPS) is 18.8. The second kappa shape index (κ2) is 8.61. The van der Waals surface area contributed by atoms with Gasteiger partial charge in [0.25, 0.3) is 0 Å². The molecular weight excluding hydrogens is 353 g/mol. The van der Waals surface area contributed by atoms with Crippen LogP contribution in [0.5, 0.6) is 0 Å². The molecule has 1 fully saturated rings. The number of fused-ring (bicyclic) bond motifs is 1. The van der Waals surface area contributed by atoms with E-state index in [0.717, 1.165) is 5.56 Å². The van der Waals surface area contributed by atoms with E-state index in [-0.39, 0.29) is 6.04 Å². The fraction of sp³-hybridized carbons (Fsp3) is 0.450. The Bertz CT molecular complexity index is 788. The minimum atomic E-state index is -4.15. The van der Waals surface area contributed by atoms with Crippen LogP contribution in [0.25, 0.3) is 10.8 Å². The average molecular weight is 378 g/mol. The van der Waals surface area contributed by atoms with Gasteiger partial charge in [-0.15, -0.1) is 0 Å². The first-order valence-corrected chi connectivity index (χ1v) is 9.24. The lowest BCUT2D eigenvalue weighted by molar-refractivity contribution is -0.143. The number of hydrogen-bond acceptors (Lipinski definition) is 2. The van der Waals surface area contributed by atoms with Crippen LogP contribution in [0, 0.1) is 0 Å². The van der Waals surface area contributed by atoms with Gasteiger partial charge in [-0.25, -0.2) is 4.99 Å². The smallest absolute Gasteiger partial charge is 0.357 e. The van der Waals surface area contributed by atoms with E-state index in [4.69, 9.17) is 0 Å². The summed E-state index contributed by atoms with van der Waals surface area (Å²) < 4.78 is 37.6.